The largest absolute Gasteiger partial charge is 0.261 e. The minimum absolute atomic E-state index is 0.775. The van der Waals surface area contributed by atoms with Crippen LogP contribution in [0.25, 0.3) is 0 Å². The molecule has 2 aliphatic rings. The van der Waals surface area contributed by atoms with Gasteiger partial charge >= 0.3 is 0 Å². The van der Waals surface area contributed by atoms with Gasteiger partial charge in [0.1, 0.15) is 0 Å². The minimum Gasteiger partial charge on any atom is -0.261 e. The molecule has 0 amide bonds. The molecule has 0 aromatic rings. The van der Waals surface area contributed by atoms with Gasteiger partial charge in [0.2, 0.25) is 0 Å². The van der Waals surface area contributed by atoms with Gasteiger partial charge in [0.25, 0.3) is 0 Å². The first-order valence-electron chi connectivity index (χ1n) is 8.57. The smallest absolute Gasteiger partial charge is 0.00517 e. The zero-order chi connectivity index (χ0) is 14.6. The predicted molar refractivity (Wildman–Crippen MR) is 94.0 cm³/mol. The fourth-order valence-electron chi connectivity index (χ4n) is 3.79. The van der Waals surface area contributed by atoms with Crippen LogP contribution in [0.5, 0.6) is 0 Å². The number of hydrogen-bond acceptors (Lipinski definition) is 1. The maximum absolute atomic E-state index is 2.72. The zero-order valence-electron chi connectivity index (χ0n) is 13.9. The molecule has 0 radical (unpaired) electrons. The lowest BCUT2D eigenvalue weighted by Gasteiger charge is -2.44. The monoisotopic (exact) mass is 295 g/mol. The summed E-state index contributed by atoms with van der Waals surface area (Å²) in [7, 11) is -0.809. The van der Waals surface area contributed by atoms with Crippen molar-refractivity contribution in [1.82, 2.24) is 4.31 Å². The van der Waals surface area contributed by atoms with Crippen LogP contribution < -0.4 is 0 Å². The van der Waals surface area contributed by atoms with Crippen LogP contribution in [0.2, 0.25) is 0 Å². The Balaban J connectivity index is 2.20. The van der Waals surface area contributed by atoms with E-state index in [1.807, 2.05) is 0 Å². The van der Waals surface area contributed by atoms with Gasteiger partial charge in [0, 0.05) is 13.1 Å². The minimum atomic E-state index is -0.809. The lowest BCUT2D eigenvalue weighted by atomic mass is 9.84. The van der Waals surface area contributed by atoms with E-state index in [9.17, 15) is 0 Å². The lowest BCUT2D eigenvalue weighted by Crippen LogP contribution is -2.28. The molecule has 0 N–H and O–H groups in total. The molecule has 1 heterocycles. The Hall–Kier alpha value is -0.210. The molecule has 0 aromatic heterocycles. The molecular weight excluding hydrogens is 262 g/mol. The maximum Gasteiger partial charge on any atom is 0.00517 e. The quantitative estimate of drug-likeness (QED) is 0.608. The zero-order valence-corrected chi connectivity index (χ0v) is 14.7. The van der Waals surface area contributed by atoms with E-state index in [1.54, 1.807) is 5.57 Å². The Labute approximate surface area is 128 Å². The molecule has 0 aromatic carbocycles. The normalized spacial score (nSPS) is 30.8. The van der Waals surface area contributed by atoms with E-state index >= 15 is 0 Å². The molecule has 1 saturated carbocycles. The molecule has 1 aliphatic carbocycles. The van der Waals surface area contributed by atoms with Crippen molar-refractivity contribution in [3.05, 3.63) is 22.5 Å². The molecule has 2 heteroatoms. The molecule has 2 rings (SSSR count). The van der Waals surface area contributed by atoms with Crippen molar-refractivity contribution in [2.45, 2.75) is 59.8 Å². The van der Waals surface area contributed by atoms with Crippen molar-refractivity contribution in [2.75, 3.05) is 18.8 Å². The second-order valence-corrected chi connectivity index (χ2v) is 9.72. The van der Waals surface area contributed by atoms with Gasteiger partial charge in [-0.05, 0) is 46.8 Å². The van der Waals surface area contributed by atoms with Gasteiger partial charge in [-0.15, -0.1) is 10.2 Å². The second kappa shape index (κ2) is 7.17. The van der Waals surface area contributed by atoms with Crippen LogP contribution in [-0.4, -0.2) is 23.1 Å². The van der Waals surface area contributed by atoms with Crippen LogP contribution in [-0.2, 0) is 0 Å². The molecule has 0 bridgehead atoms. The first kappa shape index (κ1) is 16.2. The fourth-order valence-corrected chi connectivity index (χ4v) is 7.77. The molecular formula is C18H33NS. The van der Waals surface area contributed by atoms with Crippen LogP contribution in [0.1, 0.15) is 59.8 Å². The van der Waals surface area contributed by atoms with Crippen LogP contribution in [0.4, 0.5) is 0 Å². The summed E-state index contributed by atoms with van der Waals surface area (Å²) in [5.41, 5.74) is 1.67. The van der Waals surface area contributed by atoms with Crippen LogP contribution in [0, 0.1) is 11.8 Å². The SMILES string of the molecule is CCN(CC)S1(CC(C)C)C=CC(C2CCCCC2)=C1. The van der Waals surface area contributed by atoms with Crippen LogP contribution >= 0.6 is 10.2 Å². The first-order chi connectivity index (χ1) is 9.61. The number of rotatable bonds is 6. The average Bonchev–Trinajstić information content (AvgIpc) is 2.85. The van der Waals surface area contributed by atoms with Gasteiger partial charge in [-0.2, -0.15) is 0 Å². The molecule has 1 fully saturated rings. The lowest BCUT2D eigenvalue weighted by molar-refractivity contribution is 0.409. The van der Waals surface area contributed by atoms with Gasteiger partial charge in [-0.3, -0.25) is 4.31 Å². The summed E-state index contributed by atoms with van der Waals surface area (Å²) in [5.74, 6) is 2.97. The Morgan fingerprint density at radius 3 is 2.35 bits per heavy atom. The maximum atomic E-state index is 2.72. The highest BCUT2D eigenvalue weighted by molar-refractivity contribution is 8.36. The summed E-state index contributed by atoms with van der Waals surface area (Å²) in [6.07, 6.45) is 9.66. The third kappa shape index (κ3) is 3.51. The van der Waals surface area contributed by atoms with Crippen LogP contribution in [0.3, 0.4) is 0 Å². The van der Waals surface area contributed by atoms with Crippen molar-refractivity contribution in [1.29, 1.82) is 0 Å². The van der Waals surface area contributed by atoms with Crippen molar-refractivity contribution in [3.8, 4) is 0 Å². The number of nitrogens with zero attached hydrogens (tertiary/aromatic N) is 1. The van der Waals surface area contributed by atoms with E-state index in [0.29, 0.717) is 0 Å². The molecule has 116 valence electrons. The summed E-state index contributed by atoms with van der Waals surface area (Å²) in [5, 5.41) is 5.29. The van der Waals surface area contributed by atoms with Crippen molar-refractivity contribution in [2.24, 2.45) is 11.8 Å². The van der Waals surface area contributed by atoms with Crippen LogP contribution in [0.15, 0.2) is 22.5 Å². The molecule has 1 atom stereocenters. The van der Waals surface area contributed by atoms with Crippen molar-refractivity contribution < 1.29 is 0 Å². The highest BCUT2D eigenvalue weighted by Crippen LogP contribution is 2.60. The Kier molecular flexibility index (Phi) is 5.80. The van der Waals surface area contributed by atoms with Gasteiger partial charge in [0.15, 0.2) is 0 Å². The van der Waals surface area contributed by atoms with Crippen molar-refractivity contribution >= 4 is 10.2 Å². The second-order valence-electron chi connectivity index (χ2n) is 6.74. The Morgan fingerprint density at radius 1 is 1.15 bits per heavy atom. The topological polar surface area (TPSA) is 3.24 Å². The Bertz CT molecular complexity index is 362. The standard InChI is InChI=1S/C18H33NS/c1-5-19(6-2)20(14-16(3)4)13-12-18(15-20)17-10-8-7-9-11-17/h12-13,15-17H,5-11,14H2,1-4H3. The molecule has 1 aliphatic heterocycles. The number of allylic oxidation sites excluding steroid dienone is 2. The van der Waals surface area contributed by atoms with E-state index in [1.165, 1.54) is 50.9 Å². The summed E-state index contributed by atoms with van der Waals surface area (Å²) < 4.78 is 2.72. The first-order valence-corrected chi connectivity index (χ1v) is 10.5. The summed E-state index contributed by atoms with van der Waals surface area (Å²) in [6, 6.07) is 0. The van der Waals surface area contributed by atoms with E-state index in [2.05, 4.69) is 48.9 Å². The van der Waals surface area contributed by atoms with Gasteiger partial charge in [-0.1, -0.05) is 53.0 Å². The van der Waals surface area contributed by atoms with E-state index in [4.69, 9.17) is 0 Å². The predicted octanol–water partition coefficient (Wildman–Crippen LogP) is 5.70. The summed E-state index contributed by atoms with van der Waals surface area (Å²) in [6.45, 7) is 11.7. The van der Waals surface area contributed by atoms with E-state index in [0.717, 1.165) is 11.8 Å². The van der Waals surface area contributed by atoms with E-state index in [-0.39, 0.29) is 0 Å². The fraction of sp³-hybridized carbons (Fsp3) is 0.778. The summed E-state index contributed by atoms with van der Waals surface area (Å²) in [4.78, 5) is 0. The highest BCUT2D eigenvalue weighted by Gasteiger charge is 2.31. The summed E-state index contributed by atoms with van der Waals surface area (Å²) >= 11 is 0. The van der Waals surface area contributed by atoms with Gasteiger partial charge in [-0.25, -0.2) is 0 Å². The number of hydrogen-bond donors (Lipinski definition) is 0. The average molecular weight is 296 g/mol. The molecule has 20 heavy (non-hydrogen) atoms. The van der Waals surface area contributed by atoms with E-state index < -0.39 is 10.2 Å². The third-order valence-electron chi connectivity index (χ3n) is 4.70. The third-order valence-corrected chi connectivity index (χ3v) is 8.67. The van der Waals surface area contributed by atoms with Gasteiger partial charge < -0.3 is 0 Å². The molecule has 1 unspecified atom stereocenters. The molecule has 1 nitrogen and oxygen atoms in total. The Morgan fingerprint density at radius 2 is 1.80 bits per heavy atom. The molecule has 0 spiro atoms. The van der Waals surface area contributed by atoms with Gasteiger partial charge in [0.05, 0.1) is 0 Å². The molecule has 0 saturated heterocycles. The highest BCUT2D eigenvalue weighted by atomic mass is 32.3. The van der Waals surface area contributed by atoms with Crippen molar-refractivity contribution in [3.63, 3.8) is 0 Å².